The minimum absolute atomic E-state index is 0.0217. The standard InChI is InChI=1S/C24H30N2O5/c1-29-14-13-25-10-4-3-5-20(23(25)27)17-8-11-26(12-9-17)24(28)22-16-18-15-19(30-2)6-7-21(18)31-22/h3-4,6-7,15-17,20H,5,8-14H2,1-2H3. The predicted molar refractivity (Wildman–Crippen MR) is 117 cm³/mol. The first-order valence-corrected chi connectivity index (χ1v) is 10.9. The van der Waals surface area contributed by atoms with Crippen molar-refractivity contribution in [1.82, 2.24) is 9.80 Å². The molecule has 1 fully saturated rings. The van der Waals surface area contributed by atoms with E-state index in [9.17, 15) is 9.59 Å². The molecule has 2 amide bonds. The number of piperidine rings is 1. The molecule has 0 aliphatic carbocycles. The van der Waals surface area contributed by atoms with Crippen LogP contribution < -0.4 is 4.74 Å². The number of methoxy groups -OCH3 is 2. The summed E-state index contributed by atoms with van der Waals surface area (Å²) in [6, 6.07) is 7.28. The summed E-state index contributed by atoms with van der Waals surface area (Å²) < 4.78 is 16.2. The fraction of sp³-hybridized carbons (Fsp3) is 0.500. The number of hydrogen-bond donors (Lipinski definition) is 0. The molecule has 1 saturated heterocycles. The Balaban J connectivity index is 1.39. The van der Waals surface area contributed by atoms with Crippen molar-refractivity contribution in [1.29, 1.82) is 0 Å². The highest BCUT2D eigenvalue weighted by molar-refractivity contribution is 5.96. The molecule has 31 heavy (non-hydrogen) atoms. The Kier molecular flexibility index (Phi) is 6.61. The van der Waals surface area contributed by atoms with Gasteiger partial charge in [0.2, 0.25) is 5.91 Å². The minimum atomic E-state index is -0.0950. The number of nitrogens with zero attached hydrogens (tertiary/aromatic N) is 2. The number of amides is 2. The summed E-state index contributed by atoms with van der Waals surface area (Å²) in [5, 5.41) is 0.851. The van der Waals surface area contributed by atoms with Crippen molar-refractivity contribution in [2.75, 3.05) is 47.0 Å². The van der Waals surface area contributed by atoms with E-state index in [0.717, 1.165) is 30.4 Å². The van der Waals surface area contributed by atoms with E-state index in [-0.39, 0.29) is 23.7 Å². The number of carbonyl (C=O) groups excluding carboxylic acids is 2. The van der Waals surface area contributed by atoms with Crippen LogP contribution in [0, 0.1) is 11.8 Å². The first-order chi connectivity index (χ1) is 15.1. The summed E-state index contributed by atoms with van der Waals surface area (Å²) in [5.74, 6) is 1.45. The van der Waals surface area contributed by atoms with Crippen LogP contribution in [0.3, 0.4) is 0 Å². The number of hydrogen-bond acceptors (Lipinski definition) is 5. The molecule has 4 rings (SSSR count). The van der Waals surface area contributed by atoms with Crippen LogP contribution in [0.2, 0.25) is 0 Å². The lowest BCUT2D eigenvalue weighted by molar-refractivity contribution is -0.137. The van der Waals surface area contributed by atoms with E-state index in [2.05, 4.69) is 12.2 Å². The normalized spacial score (nSPS) is 20.3. The molecule has 166 valence electrons. The van der Waals surface area contributed by atoms with Crippen LogP contribution in [-0.2, 0) is 9.53 Å². The second-order valence-corrected chi connectivity index (χ2v) is 8.23. The summed E-state index contributed by atoms with van der Waals surface area (Å²) in [5.41, 5.74) is 0.672. The van der Waals surface area contributed by atoms with E-state index < -0.39 is 0 Å². The van der Waals surface area contributed by atoms with Crippen molar-refractivity contribution >= 4 is 22.8 Å². The van der Waals surface area contributed by atoms with E-state index in [1.807, 2.05) is 28.0 Å². The SMILES string of the molecule is COCCN1CC=CCC(C2CCN(C(=O)c3cc4cc(OC)ccc4o3)CC2)C1=O. The van der Waals surface area contributed by atoms with Crippen molar-refractivity contribution < 1.29 is 23.5 Å². The molecule has 0 spiro atoms. The highest BCUT2D eigenvalue weighted by Crippen LogP contribution is 2.32. The second kappa shape index (κ2) is 9.56. The first kappa shape index (κ1) is 21.4. The molecule has 1 atom stereocenters. The molecule has 0 N–H and O–H groups in total. The van der Waals surface area contributed by atoms with Gasteiger partial charge in [0.1, 0.15) is 11.3 Å². The van der Waals surface area contributed by atoms with Gasteiger partial charge in [-0.05, 0) is 49.4 Å². The molecule has 2 aliphatic rings. The maximum absolute atomic E-state index is 13.1. The molecule has 3 heterocycles. The van der Waals surface area contributed by atoms with Gasteiger partial charge in [-0.2, -0.15) is 0 Å². The van der Waals surface area contributed by atoms with Crippen LogP contribution in [0.1, 0.15) is 29.8 Å². The second-order valence-electron chi connectivity index (χ2n) is 8.23. The summed E-state index contributed by atoms with van der Waals surface area (Å²) in [7, 11) is 3.27. The third kappa shape index (κ3) is 4.61. The lowest BCUT2D eigenvalue weighted by atomic mass is 9.81. The minimum Gasteiger partial charge on any atom is -0.497 e. The van der Waals surface area contributed by atoms with E-state index in [1.165, 1.54) is 0 Å². The van der Waals surface area contributed by atoms with Gasteiger partial charge >= 0.3 is 0 Å². The smallest absolute Gasteiger partial charge is 0.289 e. The number of carbonyl (C=O) groups is 2. The summed E-state index contributed by atoms with van der Waals surface area (Å²) >= 11 is 0. The fourth-order valence-electron chi connectivity index (χ4n) is 4.58. The highest BCUT2D eigenvalue weighted by atomic mass is 16.5. The van der Waals surface area contributed by atoms with Gasteiger partial charge in [-0.1, -0.05) is 12.2 Å². The van der Waals surface area contributed by atoms with E-state index in [1.54, 1.807) is 20.3 Å². The van der Waals surface area contributed by atoms with Crippen LogP contribution in [0.25, 0.3) is 11.0 Å². The first-order valence-electron chi connectivity index (χ1n) is 10.9. The molecule has 1 unspecified atom stereocenters. The molecule has 0 saturated carbocycles. The summed E-state index contributed by atoms with van der Waals surface area (Å²) in [6.45, 7) is 3.07. The Morgan fingerprint density at radius 2 is 1.97 bits per heavy atom. The maximum Gasteiger partial charge on any atom is 0.289 e. The van der Waals surface area contributed by atoms with Crippen molar-refractivity contribution in [3.05, 3.63) is 42.2 Å². The van der Waals surface area contributed by atoms with Crippen LogP contribution in [-0.4, -0.2) is 68.6 Å². The summed E-state index contributed by atoms with van der Waals surface area (Å²) in [4.78, 5) is 29.8. The average Bonchev–Trinajstić information content (AvgIpc) is 3.14. The third-order valence-corrected chi connectivity index (χ3v) is 6.41. The molecule has 1 aromatic heterocycles. The van der Waals surface area contributed by atoms with Crippen molar-refractivity contribution in [3.63, 3.8) is 0 Å². The molecular weight excluding hydrogens is 396 g/mol. The number of rotatable bonds is 6. The van der Waals surface area contributed by atoms with Crippen LogP contribution in [0.15, 0.2) is 40.8 Å². The lowest BCUT2D eigenvalue weighted by Gasteiger charge is -2.36. The van der Waals surface area contributed by atoms with E-state index in [0.29, 0.717) is 44.1 Å². The van der Waals surface area contributed by atoms with Gasteiger partial charge in [-0.3, -0.25) is 9.59 Å². The van der Waals surface area contributed by atoms with Crippen LogP contribution >= 0.6 is 0 Å². The number of allylic oxidation sites excluding steroid dienone is 1. The van der Waals surface area contributed by atoms with Gasteiger partial charge in [0, 0.05) is 44.6 Å². The largest absolute Gasteiger partial charge is 0.497 e. The quantitative estimate of drug-likeness (QED) is 0.663. The zero-order chi connectivity index (χ0) is 21.8. The van der Waals surface area contributed by atoms with Crippen molar-refractivity contribution in [3.8, 4) is 5.75 Å². The van der Waals surface area contributed by atoms with Gasteiger partial charge in [0.25, 0.3) is 5.91 Å². The average molecular weight is 427 g/mol. The van der Waals surface area contributed by atoms with Crippen molar-refractivity contribution in [2.24, 2.45) is 11.8 Å². The third-order valence-electron chi connectivity index (χ3n) is 6.41. The van der Waals surface area contributed by atoms with Crippen LogP contribution in [0.4, 0.5) is 0 Å². The van der Waals surface area contributed by atoms with Crippen LogP contribution in [0.5, 0.6) is 5.75 Å². The van der Waals surface area contributed by atoms with Gasteiger partial charge in [-0.25, -0.2) is 0 Å². The zero-order valence-corrected chi connectivity index (χ0v) is 18.2. The number of fused-ring (bicyclic) bond motifs is 1. The Bertz CT molecular complexity index is 958. The van der Waals surface area contributed by atoms with Gasteiger partial charge in [0.15, 0.2) is 5.76 Å². The topological polar surface area (TPSA) is 72.2 Å². The highest BCUT2D eigenvalue weighted by Gasteiger charge is 2.35. The number of furan rings is 1. The Hall–Kier alpha value is -2.80. The Morgan fingerprint density at radius 3 is 2.71 bits per heavy atom. The number of ether oxygens (including phenoxy) is 2. The molecule has 0 bridgehead atoms. The predicted octanol–water partition coefficient (Wildman–Crippen LogP) is 3.34. The number of benzene rings is 1. The molecule has 0 radical (unpaired) electrons. The summed E-state index contributed by atoms with van der Waals surface area (Å²) in [6.07, 6.45) is 6.61. The number of likely N-dealkylation sites (tertiary alicyclic amines) is 1. The van der Waals surface area contributed by atoms with Crippen molar-refractivity contribution in [2.45, 2.75) is 19.3 Å². The maximum atomic E-state index is 13.1. The molecular formula is C24H30N2O5. The zero-order valence-electron chi connectivity index (χ0n) is 18.2. The fourth-order valence-corrected chi connectivity index (χ4v) is 4.58. The Labute approximate surface area is 182 Å². The van der Waals surface area contributed by atoms with Gasteiger partial charge in [0.05, 0.1) is 13.7 Å². The Morgan fingerprint density at radius 1 is 1.16 bits per heavy atom. The monoisotopic (exact) mass is 426 g/mol. The molecule has 2 aromatic rings. The van der Waals surface area contributed by atoms with Gasteiger partial charge < -0.3 is 23.7 Å². The lowest BCUT2D eigenvalue weighted by Crippen LogP contribution is -2.44. The van der Waals surface area contributed by atoms with E-state index >= 15 is 0 Å². The molecule has 2 aliphatic heterocycles. The van der Waals surface area contributed by atoms with E-state index in [4.69, 9.17) is 13.9 Å². The molecule has 7 heteroatoms. The van der Waals surface area contributed by atoms with Gasteiger partial charge in [-0.15, -0.1) is 0 Å². The molecule has 1 aromatic carbocycles. The molecule has 7 nitrogen and oxygen atoms in total.